The van der Waals surface area contributed by atoms with Crippen LogP contribution in [0.4, 0.5) is 5.69 Å². The van der Waals surface area contributed by atoms with E-state index < -0.39 is 11.9 Å². The van der Waals surface area contributed by atoms with E-state index >= 15 is 0 Å². The number of methoxy groups -OCH3 is 1. The Labute approximate surface area is 108 Å². The predicted octanol–water partition coefficient (Wildman–Crippen LogP) is 2.13. The van der Waals surface area contributed by atoms with Gasteiger partial charge >= 0.3 is 5.97 Å². The van der Waals surface area contributed by atoms with Crippen molar-refractivity contribution in [2.75, 3.05) is 18.6 Å². The molecule has 0 aliphatic carbocycles. The summed E-state index contributed by atoms with van der Waals surface area (Å²) in [6.07, 6.45) is 0. The molecule has 1 aliphatic heterocycles. The summed E-state index contributed by atoms with van der Waals surface area (Å²) in [5.41, 5.74) is 0.590. The lowest BCUT2D eigenvalue weighted by molar-refractivity contribution is -0.152. The van der Waals surface area contributed by atoms with Crippen LogP contribution in [0.2, 0.25) is 10.0 Å². The second kappa shape index (κ2) is 4.55. The second-order valence-electron chi connectivity index (χ2n) is 3.65. The van der Waals surface area contributed by atoms with Crippen LogP contribution in [-0.4, -0.2) is 25.5 Å². The number of halogens is 2. The summed E-state index contributed by atoms with van der Waals surface area (Å²) in [5, 5.41) is 0.892. The van der Waals surface area contributed by atoms with Crippen LogP contribution in [0.3, 0.4) is 0 Å². The number of nitrogens with zero attached hydrogens (tertiary/aromatic N) is 1. The fourth-order valence-electron chi connectivity index (χ4n) is 1.67. The third kappa shape index (κ3) is 2.23. The Morgan fingerprint density at radius 3 is 2.41 bits per heavy atom. The minimum atomic E-state index is -0.710. The van der Waals surface area contributed by atoms with Crippen molar-refractivity contribution >= 4 is 40.8 Å². The third-order valence-corrected chi connectivity index (χ3v) is 3.01. The third-order valence-electron chi connectivity index (χ3n) is 2.57. The zero-order valence-corrected chi connectivity index (χ0v) is 10.5. The van der Waals surface area contributed by atoms with Gasteiger partial charge in [0, 0.05) is 22.3 Å². The van der Waals surface area contributed by atoms with E-state index in [9.17, 15) is 9.59 Å². The van der Waals surface area contributed by atoms with E-state index in [4.69, 9.17) is 23.2 Å². The maximum atomic E-state index is 11.7. The number of amides is 1. The summed E-state index contributed by atoms with van der Waals surface area (Å²) in [6, 6.07) is 4.83. The number of hydrogen-bond donors (Lipinski definition) is 0. The molecule has 1 aliphatic rings. The van der Waals surface area contributed by atoms with Gasteiger partial charge in [0.2, 0.25) is 5.91 Å². The largest absolute Gasteiger partial charge is 0.468 e. The maximum absolute atomic E-state index is 11.7. The van der Waals surface area contributed by atoms with Gasteiger partial charge in [0.25, 0.3) is 0 Å². The molecule has 1 atom stereocenters. The molecule has 1 saturated heterocycles. The molecule has 1 aromatic carbocycles. The molecular weight excluding hydrogens is 265 g/mol. The van der Waals surface area contributed by atoms with Crippen LogP contribution in [0.15, 0.2) is 18.2 Å². The van der Waals surface area contributed by atoms with Gasteiger partial charge in [0.15, 0.2) is 5.92 Å². The lowest BCUT2D eigenvalue weighted by atomic mass is 9.98. The molecule has 0 spiro atoms. The van der Waals surface area contributed by atoms with E-state index in [0.29, 0.717) is 22.3 Å². The van der Waals surface area contributed by atoms with Gasteiger partial charge in [-0.1, -0.05) is 23.2 Å². The van der Waals surface area contributed by atoms with Crippen LogP contribution in [0.1, 0.15) is 0 Å². The number of β-lactam (4-membered cyclic amide) rings is 1. The molecule has 4 nitrogen and oxygen atoms in total. The average molecular weight is 274 g/mol. The minimum Gasteiger partial charge on any atom is -0.468 e. The number of anilines is 1. The number of carbonyl (C=O) groups excluding carboxylic acids is 2. The quantitative estimate of drug-likeness (QED) is 0.471. The van der Waals surface area contributed by atoms with Crippen LogP contribution in [0, 0.1) is 5.92 Å². The highest BCUT2D eigenvalue weighted by molar-refractivity contribution is 6.35. The minimum absolute atomic E-state index is 0.294. The molecule has 1 heterocycles. The van der Waals surface area contributed by atoms with Gasteiger partial charge in [-0.05, 0) is 18.2 Å². The van der Waals surface area contributed by atoms with E-state index in [0.717, 1.165) is 0 Å². The van der Waals surface area contributed by atoms with E-state index in [1.807, 2.05) is 0 Å². The average Bonchev–Trinajstić information content (AvgIpc) is 2.25. The van der Waals surface area contributed by atoms with Gasteiger partial charge in [-0.25, -0.2) is 0 Å². The Balaban J connectivity index is 2.17. The fourth-order valence-corrected chi connectivity index (χ4v) is 2.19. The van der Waals surface area contributed by atoms with E-state index in [1.54, 1.807) is 18.2 Å². The first-order valence-corrected chi connectivity index (χ1v) is 5.64. The van der Waals surface area contributed by atoms with Gasteiger partial charge in [0.1, 0.15) is 0 Å². The van der Waals surface area contributed by atoms with Gasteiger partial charge in [0.05, 0.1) is 7.11 Å². The normalized spacial score (nSPS) is 18.9. The molecule has 90 valence electrons. The highest BCUT2D eigenvalue weighted by Crippen LogP contribution is 2.31. The van der Waals surface area contributed by atoms with Crippen molar-refractivity contribution in [2.24, 2.45) is 5.92 Å². The SMILES string of the molecule is COC(=O)C1CN(c2cc(Cl)cc(Cl)c2)C1=O. The number of esters is 1. The van der Waals surface area contributed by atoms with Crippen molar-refractivity contribution in [3.05, 3.63) is 28.2 Å². The molecule has 0 bridgehead atoms. The Bertz CT molecular complexity index is 469. The summed E-state index contributed by atoms with van der Waals surface area (Å²) >= 11 is 11.7. The Morgan fingerprint density at radius 1 is 1.35 bits per heavy atom. The van der Waals surface area contributed by atoms with Crippen LogP contribution in [0.25, 0.3) is 0 Å². The lowest BCUT2D eigenvalue weighted by Crippen LogP contribution is -2.56. The standard InChI is InChI=1S/C11H9Cl2NO3/c1-17-11(16)9-5-14(10(9)15)8-3-6(12)2-7(13)4-8/h2-4,9H,5H2,1H3. The van der Waals surface area contributed by atoms with Crippen molar-refractivity contribution in [1.82, 2.24) is 0 Å². The molecule has 1 fully saturated rings. The molecule has 1 amide bonds. The molecule has 1 aromatic rings. The lowest BCUT2D eigenvalue weighted by Gasteiger charge is -2.36. The highest BCUT2D eigenvalue weighted by Gasteiger charge is 2.43. The smallest absolute Gasteiger partial charge is 0.320 e. The summed E-state index contributed by atoms with van der Waals surface area (Å²) < 4.78 is 4.52. The van der Waals surface area contributed by atoms with Crippen molar-refractivity contribution in [3.63, 3.8) is 0 Å². The first-order chi connectivity index (χ1) is 8.02. The summed E-state index contributed by atoms with van der Waals surface area (Å²) in [7, 11) is 1.26. The van der Waals surface area contributed by atoms with Crippen LogP contribution < -0.4 is 4.90 Å². The Kier molecular flexibility index (Phi) is 3.26. The molecule has 0 radical (unpaired) electrons. The Morgan fingerprint density at radius 2 is 1.94 bits per heavy atom. The number of carbonyl (C=O) groups is 2. The fraction of sp³-hybridized carbons (Fsp3) is 0.273. The zero-order chi connectivity index (χ0) is 12.6. The first kappa shape index (κ1) is 12.2. The predicted molar refractivity (Wildman–Crippen MR) is 64.3 cm³/mol. The van der Waals surface area contributed by atoms with Crippen LogP contribution >= 0.6 is 23.2 Å². The van der Waals surface area contributed by atoms with Crippen molar-refractivity contribution in [2.45, 2.75) is 0 Å². The van der Waals surface area contributed by atoms with Gasteiger partial charge in [-0.15, -0.1) is 0 Å². The summed E-state index contributed by atoms with van der Waals surface area (Å²) in [5.74, 6) is -1.52. The van der Waals surface area contributed by atoms with E-state index in [2.05, 4.69) is 4.74 Å². The Hall–Kier alpha value is -1.26. The molecule has 0 saturated carbocycles. The molecule has 17 heavy (non-hydrogen) atoms. The molecule has 6 heteroatoms. The number of benzene rings is 1. The highest BCUT2D eigenvalue weighted by atomic mass is 35.5. The van der Waals surface area contributed by atoms with Gasteiger partial charge < -0.3 is 9.64 Å². The van der Waals surface area contributed by atoms with Gasteiger partial charge in [-0.2, -0.15) is 0 Å². The monoisotopic (exact) mass is 273 g/mol. The topological polar surface area (TPSA) is 46.6 Å². The molecule has 0 aromatic heterocycles. The summed E-state index contributed by atoms with van der Waals surface area (Å²) in [6.45, 7) is 0.294. The number of rotatable bonds is 2. The van der Waals surface area contributed by atoms with Crippen LogP contribution in [0.5, 0.6) is 0 Å². The molecule has 1 unspecified atom stereocenters. The number of hydrogen-bond acceptors (Lipinski definition) is 3. The zero-order valence-electron chi connectivity index (χ0n) is 8.94. The first-order valence-electron chi connectivity index (χ1n) is 4.88. The van der Waals surface area contributed by atoms with Crippen molar-refractivity contribution in [1.29, 1.82) is 0 Å². The maximum Gasteiger partial charge on any atom is 0.320 e. The number of ether oxygens (including phenoxy) is 1. The van der Waals surface area contributed by atoms with Crippen molar-refractivity contribution < 1.29 is 14.3 Å². The van der Waals surface area contributed by atoms with Crippen LogP contribution in [-0.2, 0) is 14.3 Å². The molecular formula is C11H9Cl2NO3. The second-order valence-corrected chi connectivity index (χ2v) is 4.53. The molecule has 0 N–H and O–H groups in total. The summed E-state index contributed by atoms with van der Waals surface area (Å²) in [4.78, 5) is 24.4. The molecule has 2 rings (SSSR count). The van der Waals surface area contributed by atoms with Gasteiger partial charge in [-0.3, -0.25) is 9.59 Å². The van der Waals surface area contributed by atoms with E-state index in [-0.39, 0.29) is 5.91 Å². The van der Waals surface area contributed by atoms with E-state index in [1.165, 1.54) is 12.0 Å². The van der Waals surface area contributed by atoms with Crippen molar-refractivity contribution in [3.8, 4) is 0 Å².